The van der Waals surface area contributed by atoms with Crippen molar-refractivity contribution < 1.29 is 9.84 Å². The Bertz CT molecular complexity index is 114. The molecule has 1 N–H and O–H groups in total. The third-order valence-electron chi connectivity index (χ3n) is 1.82. The average molecular weight is 142 g/mol. The molecule has 0 aromatic carbocycles. The van der Waals surface area contributed by atoms with Crippen molar-refractivity contribution in [1.29, 1.82) is 0 Å². The minimum atomic E-state index is -0.825. The molecule has 0 unspecified atom stereocenters. The lowest BCUT2D eigenvalue weighted by Crippen LogP contribution is -2.26. The average Bonchev–Trinajstić information content (AvgIpc) is 2.33. The van der Waals surface area contributed by atoms with Gasteiger partial charge in [0.05, 0.1) is 6.61 Å². The first-order valence-electron chi connectivity index (χ1n) is 3.74. The summed E-state index contributed by atoms with van der Waals surface area (Å²) in [5.74, 6) is -0.825. The largest absolute Gasteiger partial charge is 0.365 e. The lowest BCUT2D eigenvalue weighted by molar-refractivity contribution is -0.174. The van der Waals surface area contributed by atoms with Gasteiger partial charge in [0.15, 0.2) is 5.79 Å². The fourth-order valence-corrected chi connectivity index (χ4v) is 1.21. The van der Waals surface area contributed by atoms with Crippen LogP contribution in [0.5, 0.6) is 0 Å². The molecule has 1 rings (SSSR count). The minimum Gasteiger partial charge on any atom is -0.365 e. The van der Waals surface area contributed by atoms with Crippen molar-refractivity contribution >= 4 is 0 Å². The van der Waals surface area contributed by atoms with Crippen molar-refractivity contribution in [2.75, 3.05) is 6.61 Å². The maximum absolute atomic E-state index is 9.55. The van der Waals surface area contributed by atoms with Crippen LogP contribution in [0.3, 0.4) is 0 Å². The zero-order chi connectivity index (χ0) is 7.45. The van der Waals surface area contributed by atoms with Gasteiger partial charge in [-0.25, -0.2) is 0 Å². The summed E-state index contributed by atoms with van der Waals surface area (Å²) in [5, 5.41) is 9.55. The topological polar surface area (TPSA) is 29.5 Å². The number of hydrogen-bond donors (Lipinski definition) is 1. The maximum atomic E-state index is 9.55. The SMILES string of the molecule is C=CCC[C@]1(O)CCCO1. The Morgan fingerprint density at radius 3 is 3.00 bits per heavy atom. The van der Waals surface area contributed by atoms with Crippen LogP contribution in [0.15, 0.2) is 12.7 Å². The molecule has 0 aromatic rings. The molecule has 58 valence electrons. The molecule has 0 bridgehead atoms. The van der Waals surface area contributed by atoms with Gasteiger partial charge < -0.3 is 9.84 Å². The van der Waals surface area contributed by atoms with Gasteiger partial charge in [-0.2, -0.15) is 0 Å². The number of aliphatic hydroxyl groups is 1. The number of rotatable bonds is 3. The summed E-state index contributed by atoms with van der Waals surface area (Å²) in [4.78, 5) is 0. The highest BCUT2D eigenvalue weighted by Gasteiger charge is 2.30. The van der Waals surface area contributed by atoms with E-state index in [1.165, 1.54) is 0 Å². The highest BCUT2D eigenvalue weighted by atomic mass is 16.6. The van der Waals surface area contributed by atoms with E-state index in [4.69, 9.17) is 4.74 Å². The van der Waals surface area contributed by atoms with Crippen LogP contribution in [-0.4, -0.2) is 17.5 Å². The third-order valence-corrected chi connectivity index (χ3v) is 1.82. The van der Waals surface area contributed by atoms with Crippen molar-refractivity contribution in [3.05, 3.63) is 12.7 Å². The summed E-state index contributed by atoms with van der Waals surface area (Å²) >= 11 is 0. The molecule has 1 aliphatic rings. The molecule has 0 amide bonds. The Kier molecular flexibility index (Phi) is 2.46. The standard InChI is InChI=1S/C8H14O2/c1-2-3-5-8(9)6-4-7-10-8/h2,9H,1,3-7H2/t8-/m1/s1. The molecule has 0 saturated carbocycles. The van der Waals surface area contributed by atoms with Gasteiger partial charge in [0.25, 0.3) is 0 Å². The zero-order valence-corrected chi connectivity index (χ0v) is 6.18. The Morgan fingerprint density at radius 2 is 2.50 bits per heavy atom. The molecule has 2 nitrogen and oxygen atoms in total. The predicted molar refractivity (Wildman–Crippen MR) is 39.6 cm³/mol. The molecular formula is C8H14O2. The molecule has 0 spiro atoms. The van der Waals surface area contributed by atoms with E-state index in [0.717, 1.165) is 19.3 Å². The Hall–Kier alpha value is -0.340. The molecule has 0 aromatic heterocycles. The second-order valence-corrected chi connectivity index (χ2v) is 2.73. The van der Waals surface area contributed by atoms with Crippen LogP contribution >= 0.6 is 0 Å². The van der Waals surface area contributed by atoms with Crippen molar-refractivity contribution in [3.63, 3.8) is 0 Å². The van der Waals surface area contributed by atoms with E-state index in [0.29, 0.717) is 13.0 Å². The number of hydrogen-bond acceptors (Lipinski definition) is 2. The van der Waals surface area contributed by atoms with E-state index in [-0.39, 0.29) is 0 Å². The van der Waals surface area contributed by atoms with Gasteiger partial charge in [-0.15, -0.1) is 6.58 Å². The van der Waals surface area contributed by atoms with Gasteiger partial charge >= 0.3 is 0 Å². The zero-order valence-electron chi connectivity index (χ0n) is 6.18. The molecule has 1 aliphatic heterocycles. The summed E-state index contributed by atoms with van der Waals surface area (Å²) in [6, 6.07) is 0. The van der Waals surface area contributed by atoms with Gasteiger partial charge in [0, 0.05) is 12.8 Å². The van der Waals surface area contributed by atoms with Gasteiger partial charge in [-0.1, -0.05) is 6.08 Å². The van der Waals surface area contributed by atoms with Crippen LogP contribution in [0.2, 0.25) is 0 Å². The lowest BCUT2D eigenvalue weighted by Gasteiger charge is -2.19. The minimum absolute atomic E-state index is 0.691. The Balaban J connectivity index is 2.28. The fraction of sp³-hybridized carbons (Fsp3) is 0.750. The van der Waals surface area contributed by atoms with Gasteiger partial charge in [-0.3, -0.25) is 0 Å². The van der Waals surface area contributed by atoms with Crippen molar-refractivity contribution in [2.24, 2.45) is 0 Å². The van der Waals surface area contributed by atoms with Crippen LogP contribution in [-0.2, 0) is 4.74 Å². The fourth-order valence-electron chi connectivity index (χ4n) is 1.21. The van der Waals surface area contributed by atoms with Crippen molar-refractivity contribution in [1.82, 2.24) is 0 Å². The third kappa shape index (κ3) is 1.82. The van der Waals surface area contributed by atoms with Gasteiger partial charge in [0.1, 0.15) is 0 Å². The second kappa shape index (κ2) is 3.17. The van der Waals surface area contributed by atoms with E-state index in [9.17, 15) is 5.11 Å². The van der Waals surface area contributed by atoms with Gasteiger partial charge in [-0.05, 0) is 12.8 Å². The second-order valence-electron chi connectivity index (χ2n) is 2.73. The molecule has 1 atom stereocenters. The highest BCUT2D eigenvalue weighted by Crippen LogP contribution is 2.26. The summed E-state index contributed by atoms with van der Waals surface area (Å²) in [6.07, 6.45) is 5.08. The van der Waals surface area contributed by atoms with Gasteiger partial charge in [0.2, 0.25) is 0 Å². The van der Waals surface area contributed by atoms with Crippen LogP contribution in [0.25, 0.3) is 0 Å². The van der Waals surface area contributed by atoms with E-state index < -0.39 is 5.79 Å². The quantitative estimate of drug-likeness (QED) is 0.604. The normalized spacial score (nSPS) is 32.5. The van der Waals surface area contributed by atoms with E-state index >= 15 is 0 Å². The van der Waals surface area contributed by atoms with Crippen LogP contribution in [0.4, 0.5) is 0 Å². The summed E-state index contributed by atoms with van der Waals surface area (Å²) in [5.41, 5.74) is 0. The Labute approximate surface area is 61.5 Å². The smallest absolute Gasteiger partial charge is 0.165 e. The number of allylic oxidation sites excluding steroid dienone is 1. The van der Waals surface area contributed by atoms with Crippen LogP contribution in [0.1, 0.15) is 25.7 Å². The molecule has 1 heterocycles. The highest BCUT2D eigenvalue weighted by molar-refractivity contribution is 4.77. The molecule has 1 fully saturated rings. The first-order chi connectivity index (χ1) is 4.77. The van der Waals surface area contributed by atoms with Crippen LogP contribution < -0.4 is 0 Å². The summed E-state index contributed by atoms with van der Waals surface area (Å²) < 4.78 is 5.15. The van der Waals surface area contributed by atoms with E-state index in [1.54, 1.807) is 6.08 Å². The van der Waals surface area contributed by atoms with Crippen molar-refractivity contribution in [3.8, 4) is 0 Å². The maximum Gasteiger partial charge on any atom is 0.165 e. The lowest BCUT2D eigenvalue weighted by atomic mass is 10.1. The Morgan fingerprint density at radius 1 is 1.70 bits per heavy atom. The monoisotopic (exact) mass is 142 g/mol. The molecule has 1 saturated heterocycles. The van der Waals surface area contributed by atoms with E-state index in [2.05, 4.69) is 6.58 Å². The van der Waals surface area contributed by atoms with Crippen molar-refractivity contribution in [2.45, 2.75) is 31.5 Å². The predicted octanol–water partition coefficient (Wildman–Crippen LogP) is 1.45. The van der Waals surface area contributed by atoms with E-state index in [1.807, 2.05) is 0 Å². The summed E-state index contributed by atoms with van der Waals surface area (Å²) in [7, 11) is 0. The first-order valence-corrected chi connectivity index (χ1v) is 3.74. The number of ether oxygens (including phenoxy) is 1. The molecule has 0 aliphatic carbocycles. The molecule has 10 heavy (non-hydrogen) atoms. The first kappa shape index (κ1) is 7.76. The van der Waals surface area contributed by atoms with Crippen LogP contribution in [0, 0.1) is 0 Å². The molecular weight excluding hydrogens is 128 g/mol. The molecule has 0 radical (unpaired) electrons. The summed E-state index contributed by atoms with van der Waals surface area (Å²) in [6.45, 7) is 4.29. The molecule has 2 heteroatoms.